The first kappa shape index (κ1) is 14.6. The summed E-state index contributed by atoms with van der Waals surface area (Å²) in [6, 6.07) is 0. The highest BCUT2D eigenvalue weighted by atomic mass is 15.2. The molecule has 19 heavy (non-hydrogen) atoms. The molecule has 2 rings (SSSR count). The van der Waals surface area contributed by atoms with Crippen LogP contribution in [0.2, 0.25) is 0 Å². The van der Waals surface area contributed by atoms with Crippen LogP contribution in [0.15, 0.2) is 12.4 Å². The van der Waals surface area contributed by atoms with Gasteiger partial charge in [-0.15, -0.1) is 0 Å². The summed E-state index contributed by atoms with van der Waals surface area (Å²) < 4.78 is 1.88. The van der Waals surface area contributed by atoms with Crippen molar-refractivity contribution in [2.75, 3.05) is 0 Å². The second kappa shape index (κ2) is 6.56. The van der Waals surface area contributed by atoms with Crippen molar-refractivity contribution in [1.82, 2.24) is 9.78 Å². The predicted octanol–water partition coefficient (Wildman–Crippen LogP) is 3.43. The highest BCUT2D eigenvalue weighted by molar-refractivity contribution is 5.05. The number of nitrogens with two attached hydrogens (primary N) is 1. The molecule has 108 valence electrons. The average Bonchev–Trinajstić information content (AvgIpc) is 2.82. The van der Waals surface area contributed by atoms with Crippen LogP contribution in [-0.2, 0) is 13.5 Å². The van der Waals surface area contributed by atoms with E-state index in [1.165, 1.54) is 50.5 Å². The van der Waals surface area contributed by atoms with Gasteiger partial charge in [-0.25, -0.2) is 0 Å². The van der Waals surface area contributed by atoms with Crippen LogP contribution >= 0.6 is 0 Å². The number of aryl methyl sites for hydroxylation is 2. The number of unbranched alkanes of at least 4 members (excludes halogenated alkanes) is 1. The molecule has 0 atom stereocenters. The molecule has 0 aliphatic heterocycles. The third-order valence-corrected chi connectivity index (χ3v) is 4.74. The van der Waals surface area contributed by atoms with Gasteiger partial charge in [0.15, 0.2) is 0 Å². The fourth-order valence-electron chi connectivity index (χ4n) is 3.28. The SMILES string of the molecule is CCCCC1CCC(N)(CCc2cnn(C)c2)CC1. The second-order valence-electron chi connectivity index (χ2n) is 6.47. The maximum absolute atomic E-state index is 6.58. The smallest absolute Gasteiger partial charge is 0.0521 e. The van der Waals surface area contributed by atoms with Crippen LogP contribution in [-0.4, -0.2) is 15.3 Å². The Morgan fingerprint density at radius 2 is 2.16 bits per heavy atom. The van der Waals surface area contributed by atoms with Gasteiger partial charge in [-0.3, -0.25) is 4.68 Å². The summed E-state index contributed by atoms with van der Waals surface area (Å²) in [5.41, 5.74) is 7.98. The molecule has 1 heterocycles. The molecule has 0 amide bonds. The summed E-state index contributed by atoms with van der Waals surface area (Å²) in [5.74, 6) is 0.940. The van der Waals surface area contributed by atoms with Crippen LogP contribution in [0.4, 0.5) is 0 Å². The number of rotatable bonds is 6. The molecule has 1 saturated carbocycles. The lowest BCUT2D eigenvalue weighted by Crippen LogP contribution is -2.43. The molecular weight excluding hydrogens is 234 g/mol. The highest BCUT2D eigenvalue weighted by Gasteiger charge is 2.30. The Labute approximate surface area is 117 Å². The molecule has 0 spiro atoms. The van der Waals surface area contributed by atoms with Gasteiger partial charge in [0.2, 0.25) is 0 Å². The van der Waals surface area contributed by atoms with Gasteiger partial charge in [0.05, 0.1) is 6.20 Å². The van der Waals surface area contributed by atoms with Gasteiger partial charge in [0, 0.05) is 18.8 Å². The van der Waals surface area contributed by atoms with Crippen molar-refractivity contribution in [3.63, 3.8) is 0 Å². The van der Waals surface area contributed by atoms with Gasteiger partial charge in [-0.1, -0.05) is 26.2 Å². The summed E-state index contributed by atoms with van der Waals surface area (Å²) in [6.07, 6.45) is 15.5. The van der Waals surface area contributed by atoms with Crippen LogP contribution in [0.1, 0.15) is 63.9 Å². The Kier molecular flexibility index (Phi) is 5.03. The largest absolute Gasteiger partial charge is 0.325 e. The molecule has 1 fully saturated rings. The summed E-state index contributed by atoms with van der Waals surface area (Å²) in [6.45, 7) is 2.28. The summed E-state index contributed by atoms with van der Waals surface area (Å²) in [4.78, 5) is 0. The van der Waals surface area contributed by atoms with Crippen molar-refractivity contribution in [3.8, 4) is 0 Å². The van der Waals surface area contributed by atoms with E-state index in [0.29, 0.717) is 0 Å². The van der Waals surface area contributed by atoms with E-state index in [1.54, 1.807) is 0 Å². The van der Waals surface area contributed by atoms with E-state index in [9.17, 15) is 0 Å². The average molecular weight is 263 g/mol. The van der Waals surface area contributed by atoms with Crippen molar-refractivity contribution in [3.05, 3.63) is 18.0 Å². The van der Waals surface area contributed by atoms with Gasteiger partial charge in [0.25, 0.3) is 0 Å². The van der Waals surface area contributed by atoms with E-state index in [0.717, 1.165) is 18.8 Å². The fraction of sp³-hybridized carbons (Fsp3) is 0.812. The van der Waals surface area contributed by atoms with Crippen molar-refractivity contribution in [2.45, 2.75) is 70.3 Å². The van der Waals surface area contributed by atoms with E-state index < -0.39 is 0 Å². The van der Waals surface area contributed by atoms with Crippen molar-refractivity contribution in [1.29, 1.82) is 0 Å². The summed E-state index contributed by atoms with van der Waals surface area (Å²) >= 11 is 0. The zero-order chi connectivity index (χ0) is 13.7. The monoisotopic (exact) mass is 263 g/mol. The molecule has 0 radical (unpaired) electrons. The molecule has 3 heteroatoms. The third-order valence-electron chi connectivity index (χ3n) is 4.74. The van der Waals surface area contributed by atoms with Gasteiger partial charge >= 0.3 is 0 Å². The number of nitrogens with zero attached hydrogens (tertiary/aromatic N) is 2. The van der Waals surface area contributed by atoms with E-state index >= 15 is 0 Å². The summed E-state index contributed by atoms with van der Waals surface area (Å²) in [5, 5.41) is 4.22. The normalized spacial score (nSPS) is 27.6. The molecule has 0 bridgehead atoms. The Bertz CT molecular complexity index is 375. The molecule has 0 saturated heterocycles. The first-order valence-corrected chi connectivity index (χ1v) is 7.88. The van der Waals surface area contributed by atoms with Crippen LogP contribution < -0.4 is 5.73 Å². The Morgan fingerprint density at radius 3 is 2.74 bits per heavy atom. The molecule has 0 unspecified atom stereocenters. The standard InChI is InChI=1S/C16H29N3/c1-3-4-5-14-6-9-16(17,10-7-14)11-8-15-12-18-19(2)13-15/h12-14H,3-11,17H2,1-2H3. The van der Waals surface area contributed by atoms with E-state index in [2.05, 4.69) is 18.2 Å². The minimum Gasteiger partial charge on any atom is -0.325 e. The maximum Gasteiger partial charge on any atom is 0.0521 e. The fourth-order valence-corrected chi connectivity index (χ4v) is 3.28. The highest BCUT2D eigenvalue weighted by Crippen LogP contribution is 2.35. The predicted molar refractivity (Wildman–Crippen MR) is 79.9 cm³/mol. The van der Waals surface area contributed by atoms with Gasteiger partial charge in [-0.05, 0) is 50.0 Å². The zero-order valence-corrected chi connectivity index (χ0v) is 12.6. The molecule has 1 aliphatic rings. The Balaban J connectivity index is 1.75. The Morgan fingerprint density at radius 1 is 1.42 bits per heavy atom. The molecule has 3 nitrogen and oxygen atoms in total. The second-order valence-corrected chi connectivity index (χ2v) is 6.47. The van der Waals surface area contributed by atoms with Crippen LogP contribution in [0.5, 0.6) is 0 Å². The lowest BCUT2D eigenvalue weighted by molar-refractivity contribution is 0.212. The van der Waals surface area contributed by atoms with Crippen LogP contribution in [0.25, 0.3) is 0 Å². The lowest BCUT2D eigenvalue weighted by Gasteiger charge is -2.37. The van der Waals surface area contributed by atoms with Gasteiger partial charge < -0.3 is 5.73 Å². The molecule has 1 aromatic heterocycles. The quantitative estimate of drug-likeness (QED) is 0.854. The third kappa shape index (κ3) is 4.34. The Hall–Kier alpha value is -0.830. The molecule has 2 N–H and O–H groups in total. The molecule has 0 aromatic carbocycles. The molecule has 1 aliphatic carbocycles. The van der Waals surface area contributed by atoms with E-state index in [4.69, 9.17) is 5.73 Å². The van der Waals surface area contributed by atoms with Crippen LogP contribution in [0, 0.1) is 5.92 Å². The minimum absolute atomic E-state index is 0.0819. The van der Waals surface area contributed by atoms with Crippen LogP contribution in [0.3, 0.4) is 0 Å². The first-order valence-electron chi connectivity index (χ1n) is 7.88. The molecular formula is C16H29N3. The number of hydrogen-bond donors (Lipinski definition) is 1. The first-order chi connectivity index (χ1) is 9.11. The van der Waals surface area contributed by atoms with Crippen molar-refractivity contribution < 1.29 is 0 Å². The van der Waals surface area contributed by atoms with E-state index in [1.807, 2.05) is 17.9 Å². The van der Waals surface area contributed by atoms with E-state index in [-0.39, 0.29) is 5.54 Å². The minimum atomic E-state index is 0.0819. The van der Waals surface area contributed by atoms with Gasteiger partial charge in [0.1, 0.15) is 0 Å². The van der Waals surface area contributed by atoms with Gasteiger partial charge in [-0.2, -0.15) is 5.10 Å². The summed E-state index contributed by atoms with van der Waals surface area (Å²) in [7, 11) is 1.97. The number of hydrogen-bond acceptors (Lipinski definition) is 2. The lowest BCUT2D eigenvalue weighted by atomic mass is 9.73. The van der Waals surface area contributed by atoms with Crippen molar-refractivity contribution in [2.24, 2.45) is 18.7 Å². The molecule has 1 aromatic rings. The zero-order valence-electron chi connectivity index (χ0n) is 12.6. The van der Waals surface area contributed by atoms with Crippen molar-refractivity contribution >= 4 is 0 Å². The number of aromatic nitrogens is 2. The topological polar surface area (TPSA) is 43.8 Å². The maximum atomic E-state index is 6.58.